The number of imidazole rings is 2. The first kappa shape index (κ1) is 27.8. The SMILES string of the molecule is CO[C@H]1O[C@H](CO)[C@@H](O)[C@H](OCCCCCCn2ccnc2)[C@H]1OCCCCCCn1ccnc1. The number of aryl methyl sites for hydroxylation is 2. The van der Waals surface area contributed by atoms with Gasteiger partial charge in [-0.3, -0.25) is 0 Å². The van der Waals surface area contributed by atoms with Crippen molar-refractivity contribution in [2.45, 2.75) is 95.2 Å². The zero-order valence-corrected chi connectivity index (χ0v) is 20.9. The van der Waals surface area contributed by atoms with Crippen molar-refractivity contribution in [2.75, 3.05) is 26.9 Å². The number of unbranched alkanes of at least 4 members (excludes halogenated alkanes) is 6. The molecule has 0 radical (unpaired) electrons. The van der Waals surface area contributed by atoms with Crippen LogP contribution in [0.3, 0.4) is 0 Å². The smallest absolute Gasteiger partial charge is 0.186 e. The molecule has 3 heterocycles. The highest BCUT2D eigenvalue weighted by molar-refractivity contribution is 4.91. The Bertz CT molecular complexity index is 760. The molecule has 1 aliphatic rings. The number of aromatic nitrogens is 4. The maximum atomic E-state index is 10.8. The maximum absolute atomic E-state index is 10.8. The third-order valence-corrected chi connectivity index (χ3v) is 6.39. The van der Waals surface area contributed by atoms with Crippen LogP contribution in [0.4, 0.5) is 0 Å². The molecule has 0 aromatic carbocycles. The van der Waals surface area contributed by atoms with E-state index in [1.54, 1.807) is 19.5 Å². The van der Waals surface area contributed by atoms with E-state index in [4.69, 9.17) is 18.9 Å². The van der Waals surface area contributed by atoms with Gasteiger partial charge in [0.1, 0.15) is 24.4 Å². The van der Waals surface area contributed by atoms with Crippen molar-refractivity contribution in [3.8, 4) is 0 Å². The summed E-state index contributed by atoms with van der Waals surface area (Å²) in [4.78, 5) is 8.12. The number of aliphatic hydroxyl groups excluding tert-OH is 2. The van der Waals surface area contributed by atoms with E-state index >= 15 is 0 Å². The van der Waals surface area contributed by atoms with E-state index in [2.05, 4.69) is 19.1 Å². The molecule has 0 saturated carbocycles. The summed E-state index contributed by atoms with van der Waals surface area (Å²) in [5, 5.41) is 20.4. The highest BCUT2D eigenvalue weighted by Crippen LogP contribution is 2.27. The van der Waals surface area contributed by atoms with Gasteiger partial charge >= 0.3 is 0 Å². The van der Waals surface area contributed by atoms with Gasteiger partial charge in [-0.2, -0.15) is 0 Å². The fourth-order valence-corrected chi connectivity index (χ4v) is 4.38. The Morgan fingerprint density at radius 3 is 1.83 bits per heavy atom. The highest BCUT2D eigenvalue weighted by atomic mass is 16.7. The van der Waals surface area contributed by atoms with Crippen molar-refractivity contribution in [1.82, 2.24) is 19.1 Å². The van der Waals surface area contributed by atoms with Gasteiger partial charge < -0.3 is 38.3 Å². The molecule has 10 nitrogen and oxygen atoms in total. The van der Waals surface area contributed by atoms with E-state index in [-0.39, 0.29) is 6.61 Å². The van der Waals surface area contributed by atoms with Crippen LogP contribution in [0.25, 0.3) is 0 Å². The number of hydrogen-bond donors (Lipinski definition) is 2. The summed E-state index contributed by atoms with van der Waals surface area (Å²) in [5.74, 6) is 0. The first-order chi connectivity index (χ1) is 17.2. The minimum atomic E-state index is -0.979. The molecule has 0 bridgehead atoms. The van der Waals surface area contributed by atoms with Crippen LogP contribution in [-0.2, 0) is 32.0 Å². The van der Waals surface area contributed by atoms with Gasteiger partial charge in [-0.05, 0) is 25.7 Å². The summed E-state index contributed by atoms with van der Waals surface area (Å²) >= 11 is 0. The molecule has 1 saturated heterocycles. The van der Waals surface area contributed by atoms with Crippen molar-refractivity contribution < 1.29 is 29.2 Å². The van der Waals surface area contributed by atoms with Gasteiger partial charge in [0.15, 0.2) is 6.29 Å². The largest absolute Gasteiger partial charge is 0.394 e. The zero-order valence-electron chi connectivity index (χ0n) is 20.9. The van der Waals surface area contributed by atoms with E-state index in [1.165, 1.54) is 0 Å². The Labute approximate surface area is 208 Å². The average molecular weight is 495 g/mol. The molecule has 0 unspecified atom stereocenters. The molecule has 5 atom stereocenters. The summed E-state index contributed by atoms with van der Waals surface area (Å²) in [6.07, 6.45) is 15.9. The monoisotopic (exact) mass is 494 g/mol. The summed E-state index contributed by atoms with van der Waals surface area (Å²) in [7, 11) is 1.54. The molecular weight excluding hydrogens is 452 g/mol. The lowest BCUT2D eigenvalue weighted by atomic mass is 9.98. The minimum absolute atomic E-state index is 0.307. The average Bonchev–Trinajstić information content (AvgIpc) is 3.58. The summed E-state index contributed by atoms with van der Waals surface area (Å²) in [6.45, 7) is 2.67. The van der Waals surface area contributed by atoms with Crippen molar-refractivity contribution >= 4 is 0 Å². The van der Waals surface area contributed by atoms with Crippen molar-refractivity contribution in [3.63, 3.8) is 0 Å². The molecule has 2 aromatic heterocycles. The fourth-order valence-electron chi connectivity index (χ4n) is 4.38. The molecule has 2 N–H and O–H groups in total. The van der Waals surface area contributed by atoms with Crippen LogP contribution >= 0.6 is 0 Å². The summed E-state index contributed by atoms with van der Waals surface area (Å²) in [6, 6.07) is 0. The minimum Gasteiger partial charge on any atom is -0.394 e. The molecule has 2 aromatic rings. The van der Waals surface area contributed by atoms with Gasteiger partial charge in [0, 0.05) is 58.2 Å². The summed E-state index contributed by atoms with van der Waals surface area (Å²) < 4.78 is 27.6. The standard InChI is InChI=1S/C25H42N4O6/c1-32-25-24(34-17-9-5-3-7-13-29-15-11-27-20-29)23(22(31)21(18-30)35-25)33-16-8-4-2-6-12-28-14-10-26-19-28/h10-11,14-15,19-25,30-31H,2-9,12-13,16-18H2,1H3/t21-,22-,23+,24-,25+/m1/s1. The highest BCUT2D eigenvalue weighted by Gasteiger charge is 2.46. The van der Waals surface area contributed by atoms with Crippen LogP contribution in [-0.4, -0.2) is 87.0 Å². The number of nitrogens with zero attached hydrogens (tertiary/aromatic N) is 4. The molecule has 10 heteroatoms. The molecule has 0 amide bonds. The zero-order chi connectivity index (χ0) is 24.7. The van der Waals surface area contributed by atoms with E-state index < -0.39 is 30.7 Å². The van der Waals surface area contributed by atoms with Gasteiger partial charge in [-0.1, -0.05) is 25.7 Å². The molecule has 1 fully saturated rings. The number of methoxy groups -OCH3 is 1. The van der Waals surface area contributed by atoms with E-state index in [0.717, 1.165) is 64.5 Å². The van der Waals surface area contributed by atoms with Gasteiger partial charge in [-0.15, -0.1) is 0 Å². The van der Waals surface area contributed by atoms with Crippen molar-refractivity contribution in [2.24, 2.45) is 0 Å². The fraction of sp³-hybridized carbons (Fsp3) is 0.760. The van der Waals surface area contributed by atoms with E-state index in [9.17, 15) is 10.2 Å². The normalized spacial score (nSPS) is 24.7. The molecule has 1 aliphatic heterocycles. The van der Waals surface area contributed by atoms with E-state index in [0.29, 0.717) is 13.2 Å². The molecule has 0 spiro atoms. The Kier molecular flexibility index (Phi) is 12.7. The lowest BCUT2D eigenvalue weighted by molar-refractivity contribution is -0.310. The van der Waals surface area contributed by atoms with Gasteiger partial charge in [0.05, 0.1) is 19.3 Å². The molecule has 0 aliphatic carbocycles. The van der Waals surface area contributed by atoms with Crippen LogP contribution < -0.4 is 0 Å². The van der Waals surface area contributed by atoms with Crippen LogP contribution in [0, 0.1) is 0 Å². The molecule has 3 rings (SSSR count). The lowest BCUT2D eigenvalue weighted by Crippen LogP contribution is -2.60. The lowest BCUT2D eigenvalue weighted by Gasteiger charge is -2.43. The van der Waals surface area contributed by atoms with Gasteiger partial charge in [0.2, 0.25) is 0 Å². The number of hydrogen-bond acceptors (Lipinski definition) is 8. The van der Waals surface area contributed by atoms with Crippen molar-refractivity contribution in [1.29, 1.82) is 0 Å². The van der Waals surface area contributed by atoms with Crippen molar-refractivity contribution in [3.05, 3.63) is 37.4 Å². The Hall–Kier alpha value is -1.82. The second-order valence-corrected chi connectivity index (χ2v) is 9.05. The predicted molar refractivity (Wildman–Crippen MR) is 130 cm³/mol. The third kappa shape index (κ3) is 9.29. The Morgan fingerprint density at radius 1 is 0.800 bits per heavy atom. The van der Waals surface area contributed by atoms with Crippen LogP contribution in [0.15, 0.2) is 37.4 Å². The van der Waals surface area contributed by atoms with E-state index in [1.807, 2.05) is 25.0 Å². The molecule has 198 valence electrons. The second kappa shape index (κ2) is 16.0. The summed E-state index contributed by atoms with van der Waals surface area (Å²) in [5.41, 5.74) is 0. The Morgan fingerprint density at radius 2 is 1.34 bits per heavy atom. The second-order valence-electron chi connectivity index (χ2n) is 9.05. The topological polar surface area (TPSA) is 113 Å². The molecule has 35 heavy (non-hydrogen) atoms. The Balaban J connectivity index is 1.36. The van der Waals surface area contributed by atoms with Crippen LogP contribution in [0.5, 0.6) is 0 Å². The first-order valence-corrected chi connectivity index (χ1v) is 12.8. The first-order valence-electron chi connectivity index (χ1n) is 12.8. The number of ether oxygens (including phenoxy) is 4. The third-order valence-electron chi connectivity index (χ3n) is 6.39. The quantitative estimate of drug-likeness (QED) is 0.304. The number of rotatable bonds is 18. The number of aliphatic hydroxyl groups is 2. The maximum Gasteiger partial charge on any atom is 0.186 e. The van der Waals surface area contributed by atoms with Gasteiger partial charge in [-0.25, -0.2) is 9.97 Å². The molecular formula is C25H42N4O6. The predicted octanol–water partition coefficient (Wildman–Crippen LogP) is 2.40. The van der Waals surface area contributed by atoms with Gasteiger partial charge in [0.25, 0.3) is 0 Å². The van der Waals surface area contributed by atoms with Crippen LogP contribution in [0.1, 0.15) is 51.4 Å². The van der Waals surface area contributed by atoms with Crippen LogP contribution in [0.2, 0.25) is 0 Å².